The van der Waals surface area contributed by atoms with Gasteiger partial charge in [-0.2, -0.15) is 0 Å². The van der Waals surface area contributed by atoms with Gasteiger partial charge in [0, 0.05) is 25.6 Å². The van der Waals surface area contributed by atoms with Crippen LogP contribution in [0.25, 0.3) is 0 Å². The highest BCUT2D eigenvalue weighted by molar-refractivity contribution is 5.82. The molecule has 0 bridgehead atoms. The third-order valence-electron chi connectivity index (χ3n) is 3.53. The zero-order chi connectivity index (χ0) is 11.6. The van der Waals surface area contributed by atoms with E-state index in [0.717, 1.165) is 37.9 Å². The number of ether oxygens (including phenoxy) is 2. The Kier molecular flexibility index (Phi) is 3.30. The Labute approximate surface area is 96.2 Å². The van der Waals surface area contributed by atoms with Crippen molar-refractivity contribution >= 4 is 5.97 Å². The van der Waals surface area contributed by atoms with E-state index in [9.17, 15) is 4.79 Å². The van der Waals surface area contributed by atoms with Crippen LogP contribution < -0.4 is 0 Å². The second kappa shape index (κ2) is 4.55. The van der Waals surface area contributed by atoms with E-state index in [1.807, 2.05) is 0 Å². The number of hydrogen-bond donors (Lipinski definition) is 0. The molecular formula is C12H19NO3. The van der Waals surface area contributed by atoms with Crippen LogP contribution >= 0.6 is 0 Å². The molecule has 2 saturated heterocycles. The summed E-state index contributed by atoms with van der Waals surface area (Å²) in [6, 6.07) is 0. The highest BCUT2D eigenvalue weighted by Crippen LogP contribution is 2.37. The summed E-state index contributed by atoms with van der Waals surface area (Å²) in [5, 5.41) is 0. The minimum Gasteiger partial charge on any atom is -0.466 e. The number of carbonyl (C=O) groups excluding carboxylic acids is 1. The highest BCUT2D eigenvalue weighted by atomic mass is 16.5. The number of esters is 1. The normalized spacial score (nSPS) is 27.5. The summed E-state index contributed by atoms with van der Waals surface area (Å²) in [6.07, 6.45) is 4.58. The Hall–Kier alpha value is -0.870. The van der Waals surface area contributed by atoms with Gasteiger partial charge in [-0.15, -0.1) is 0 Å². The molecular weight excluding hydrogens is 206 g/mol. The van der Waals surface area contributed by atoms with Gasteiger partial charge in [0.1, 0.15) is 0 Å². The summed E-state index contributed by atoms with van der Waals surface area (Å²) >= 11 is 0. The van der Waals surface area contributed by atoms with E-state index in [1.54, 1.807) is 6.08 Å². The number of hydrogen-bond acceptors (Lipinski definition) is 4. The van der Waals surface area contributed by atoms with E-state index >= 15 is 0 Å². The van der Waals surface area contributed by atoms with E-state index in [1.165, 1.54) is 7.11 Å². The second-order valence-corrected chi connectivity index (χ2v) is 4.78. The summed E-state index contributed by atoms with van der Waals surface area (Å²) in [4.78, 5) is 13.4. The first-order valence-corrected chi connectivity index (χ1v) is 5.73. The van der Waals surface area contributed by atoms with Crippen LogP contribution in [0.3, 0.4) is 0 Å². The summed E-state index contributed by atoms with van der Waals surface area (Å²) in [6.45, 7) is 2.73. The van der Waals surface area contributed by atoms with Crippen molar-refractivity contribution < 1.29 is 14.3 Å². The largest absolute Gasteiger partial charge is 0.466 e. The molecule has 0 aliphatic carbocycles. The zero-order valence-corrected chi connectivity index (χ0v) is 9.99. The lowest BCUT2D eigenvalue weighted by Gasteiger charge is -2.36. The van der Waals surface area contributed by atoms with E-state index in [2.05, 4.69) is 16.7 Å². The number of carbonyl (C=O) groups is 1. The van der Waals surface area contributed by atoms with Gasteiger partial charge in [0.2, 0.25) is 0 Å². The first-order valence-electron chi connectivity index (χ1n) is 5.73. The maximum atomic E-state index is 11.1. The molecule has 0 aromatic rings. The molecule has 4 nitrogen and oxygen atoms in total. The molecule has 2 aliphatic heterocycles. The molecule has 16 heavy (non-hydrogen) atoms. The smallest absolute Gasteiger partial charge is 0.330 e. The van der Waals surface area contributed by atoms with Crippen molar-refractivity contribution in [3.63, 3.8) is 0 Å². The van der Waals surface area contributed by atoms with Crippen molar-refractivity contribution in [1.82, 2.24) is 4.90 Å². The number of nitrogens with zero attached hydrogens (tertiary/aromatic N) is 1. The minimum atomic E-state index is -0.274. The monoisotopic (exact) mass is 225 g/mol. The molecule has 0 radical (unpaired) electrons. The minimum absolute atomic E-state index is 0.00757. The van der Waals surface area contributed by atoms with Crippen molar-refractivity contribution in [2.75, 3.05) is 33.9 Å². The molecule has 2 rings (SSSR count). The third kappa shape index (κ3) is 2.44. The maximum Gasteiger partial charge on any atom is 0.330 e. The van der Waals surface area contributed by atoms with Crippen molar-refractivity contribution in [2.45, 2.75) is 24.9 Å². The quantitative estimate of drug-likeness (QED) is 0.492. The lowest BCUT2D eigenvalue weighted by atomic mass is 9.87. The first kappa shape index (κ1) is 11.6. The molecule has 2 aliphatic rings. The van der Waals surface area contributed by atoms with Gasteiger partial charge in [-0.25, -0.2) is 4.79 Å². The molecule has 0 aromatic carbocycles. The van der Waals surface area contributed by atoms with Crippen LogP contribution in [0.1, 0.15) is 19.3 Å². The molecule has 0 saturated carbocycles. The van der Waals surface area contributed by atoms with Crippen molar-refractivity contribution in [2.24, 2.45) is 0 Å². The Bertz CT molecular complexity index is 303. The molecule has 2 heterocycles. The van der Waals surface area contributed by atoms with Crippen LogP contribution in [0.15, 0.2) is 11.6 Å². The summed E-state index contributed by atoms with van der Waals surface area (Å²) < 4.78 is 10.5. The number of likely N-dealkylation sites (tertiary alicyclic amines) is 1. The van der Waals surface area contributed by atoms with Crippen LogP contribution in [0.4, 0.5) is 0 Å². The molecule has 0 amide bonds. The standard InChI is InChI=1S/C12H19NO3/c1-13-5-3-12(4-6-13)8-10(9-16-12)7-11(14)15-2/h7H,3-6,8-9H2,1-2H3/b10-7-. The van der Waals surface area contributed by atoms with Gasteiger partial charge in [-0.05, 0) is 25.5 Å². The Balaban J connectivity index is 1.97. The Morgan fingerprint density at radius 2 is 2.19 bits per heavy atom. The van der Waals surface area contributed by atoms with Gasteiger partial charge in [0.05, 0.1) is 19.3 Å². The SMILES string of the molecule is COC(=O)/C=C1\COC2(CCN(C)CC2)C1. The first-order chi connectivity index (χ1) is 7.63. The second-order valence-electron chi connectivity index (χ2n) is 4.78. The number of rotatable bonds is 1. The highest BCUT2D eigenvalue weighted by Gasteiger charge is 2.39. The van der Waals surface area contributed by atoms with Crippen LogP contribution in [0.2, 0.25) is 0 Å². The fraction of sp³-hybridized carbons (Fsp3) is 0.750. The van der Waals surface area contributed by atoms with Gasteiger partial charge in [-0.1, -0.05) is 0 Å². The molecule has 1 spiro atoms. The average molecular weight is 225 g/mol. The van der Waals surface area contributed by atoms with Gasteiger partial charge in [-0.3, -0.25) is 0 Å². The Morgan fingerprint density at radius 3 is 2.81 bits per heavy atom. The van der Waals surface area contributed by atoms with Crippen LogP contribution in [0.5, 0.6) is 0 Å². The predicted molar refractivity (Wildman–Crippen MR) is 60.1 cm³/mol. The van der Waals surface area contributed by atoms with E-state index in [-0.39, 0.29) is 11.6 Å². The topological polar surface area (TPSA) is 38.8 Å². The summed E-state index contributed by atoms with van der Waals surface area (Å²) in [7, 11) is 3.54. The Morgan fingerprint density at radius 1 is 1.50 bits per heavy atom. The number of piperidine rings is 1. The maximum absolute atomic E-state index is 11.1. The van der Waals surface area contributed by atoms with Crippen LogP contribution in [-0.2, 0) is 14.3 Å². The van der Waals surface area contributed by atoms with Crippen molar-refractivity contribution in [1.29, 1.82) is 0 Å². The predicted octanol–water partition coefficient (Wildman–Crippen LogP) is 0.970. The van der Waals surface area contributed by atoms with Gasteiger partial charge < -0.3 is 14.4 Å². The molecule has 2 fully saturated rings. The fourth-order valence-electron chi connectivity index (χ4n) is 2.43. The van der Waals surface area contributed by atoms with E-state index < -0.39 is 0 Å². The van der Waals surface area contributed by atoms with Crippen molar-refractivity contribution in [3.8, 4) is 0 Å². The average Bonchev–Trinajstić information content (AvgIpc) is 2.66. The molecule has 0 N–H and O–H groups in total. The zero-order valence-electron chi connectivity index (χ0n) is 9.99. The molecule has 4 heteroatoms. The lowest BCUT2D eigenvalue weighted by Crippen LogP contribution is -2.42. The third-order valence-corrected chi connectivity index (χ3v) is 3.53. The van der Waals surface area contributed by atoms with Gasteiger partial charge in [0.25, 0.3) is 0 Å². The van der Waals surface area contributed by atoms with Crippen LogP contribution in [-0.4, -0.2) is 50.3 Å². The van der Waals surface area contributed by atoms with Gasteiger partial charge in [0.15, 0.2) is 0 Å². The molecule has 0 atom stereocenters. The molecule has 0 unspecified atom stereocenters. The number of methoxy groups -OCH3 is 1. The summed E-state index contributed by atoms with van der Waals surface area (Å²) in [5.74, 6) is -0.274. The lowest BCUT2D eigenvalue weighted by molar-refractivity contribution is -0.134. The van der Waals surface area contributed by atoms with Crippen LogP contribution in [0, 0.1) is 0 Å². The van der Waals surface area contributed by atoms with E-state index in [4.69, 9.17) is 4.74 Å². The van der Waals surface area contributed by atoms with Crippen molar-refractivity contribution in [3.05, 3.63) is 11.6 Å². The fourth-order valence-corrected chi connectivity index (χ4v) is 2.43. The molecule has 90 valence electrons. The van der Waals surface area contributed by atoms with E-state index in [0.29, 0.717) is 6.61 Å². The summed E-state index contributed by atoms with van der Waals surface area (Å²) in [5.41, 5.74) is 1.06. The molecule has 0 aromatic heterocycles. The van der Waals surface area contributed by atoms with Gasteiger partial charge >= 0.3 is 5.97 Å².